The second-order valence-corrected chi connectivity index (χ2v) is 12.8. The Kier molecular flexibility index (Phi) is 17.5. The van der Waals surface area contributed by atoms with Crippen molar-refractivity contribution in [2.24, 2.45) is 22.4 Å². The maximum atomic E-state index is 13.8. The quantitative estimate of drug-likeness (QED) is 0.0353. The molecule has 19 heteroatoms. The van der Waals surface area contributed by atoms with Crippen molar-refractivity contribution in [3.05, 3.63) is 0 Å². The molecule has 0 aliphatic carbocycles. The molecule has 2 heterocycles. The van der Waals surface area contributed by atoms with Gasteiger partial charge < -0.3 is 58.1 Å². The van der Waals surface area contributed by atoms with E-state index in [1.54, 1.807) is 13.8 Å². The summed E-state index contributed by atoms with van der Waals surface area (Å²) < 4.78 is 0. The van der Waals surface area contributed by atoms with Crippen molar-refractivity contribution in [3.63, 3.8) is 0 Å². The number of carbonyl (C=O) groups is 7. The largest absolute Gasteiger partial charge is 0.394 e. The molecule has 0 aromatic carbocycles. The molecule has 2 fully saturated rings. The van der Waals surface area contributed by atoms with Crippen molar-refractivity contribution in [1.82, 2.24) is 36.4 Å². The summed E-state index contributed by atoms with van der Waals surface area (Å²) in [6.07, 6.45) is 2.73. The molecule has 0 radical (unpaired) electrons. The number of carbonyl (C=O) groups excluding carboxylic acids is 7. The third kappa shape index (κ3) is 12.3. The van der Waals surface area contributed by atoms with E-state index >= 15 is 0 Å². The van der Waals surface area contributed by atoms with E-state index in [1.807, 2.05) is 6.92 Å². The molecular weight excluding hydrogens is 668 g/mol. The standard InChI is InChI=1S/C32H56N10O9/c1-5-18(3)25(37-19(4)45)29(49)39-21(16-43)26(46)40-22(17-44)31(51)42-15-9-12-24(42)28(48)38-20(10-7-13-36-32(33)34)30(50)41-14-8-11-23(41)27(47)35-6-2/h18,20-25,43-44H,5-17H2,1-4H3,(H,35,47)(H,37,45)(H,38,48)(H,39,49)(H,40,46)(H4,33,34,36)/t18-,20+,21+,22+,23+,24+,25-/m1/s1. The molecule has 2 aliphatic heterocycles. The Balaban J connectivity index is 2.18. The number of hydrogen-bond donors (Lipinski definition) is 9. The zero-order valence-corrected chi connectivity index (χ0v) is 30.0. The Morgan fingerprint density at radius 1 is 0.784 bits per heavy atom. The van der Waals surface area contributed by atoms with Crippen LogP contribution in [0.5, 0.6) is 0 Å². The van der Waals surface area contributed by atoms with Crippen molar-refractivity contribution in [2.45, 2.75) is 109 Å². The van der Waals surface area contributed by atoms with Crippen molar-refractivity contribution in [2.75, 3.05) is 39.4 Å². The van der Waals surface area contributed by atoms with Crippen molar-refractivity contribution in [3.8, 4) is 0 Å². The molecule has 2 aliphatic rings. The summed E-state index contributed by atoms with van der Waals surface area (Å²) in [6.45, 7) is 5.89. The summed E-state index contributed by atoms with van der Waals surface area (Å²) in [5.74, 6) is -4.73. The van der Waals surface area contributed by atoms with Crippen LogP contribution in [0.4, 0.5) is 0 Å². The first-order valence-electron chi connectivity index (χ1n) is 17.5. The highest BCUT2D eigenvalue weighted by molar-refractivity contribution is 5.97. The van der Waals surface area contributed by atoms with Gasteiger partial charge in [0.1, 0.15) is 36.3 Å². The lowest BCUT2D eigenvalue weighted by Gasteiger charge is -2.32. The average molecular weight is 725 g/mol. The molecule has 288 valence electrons. The number of rotatable bonds is 19. The lowest BCUT2D eigenvalue weighted by molar-refractivity contribution is -0.145. The second kappa shape index (κ2) is 21.0. The van der Waals surface area contributed by atoms with E-state index in [0.29, 0.717) is 45.2 Å². The van der Waals surface area contributed by atoms with Gasteiger partial charge in [0, 0.05) is 33.1 Å². The number of hydrogen-bond acceptors (Lipinski definition) is 10. The van der Waals surface area contributed by atoms with Gasteiger partial charge in [-0.2, -0.15) is 0 Å². The molecule has 2 saturated heterocycles. The maximum Gasteiger partial charge on any atom is 0.248 e. The second-order valence-electron chi connectivity index (χ2n) is 12.8. The zero-order valence-electron chi connectivity index (χ0n) is 30.0. The van der Waals surface area contributed by atoms with Gasteiger partial charge in [0.15, 0.2) is 5.96 Å². The van der Waals surface area contributed by atoms with Crippen LogP contribution in [0.25, 0.3) is 0 Å². The molecule has 0 spiro atoms. The van der Waals surface area contributed by atoms with Gasteiger partial charge in [0.25, 0.3) is 0 Å². The number of likely N-dealkylation sites (N-methyl/N-ethyl adjacent to an activating group) is 1. The van der Waals surface area contributed by atoms with E-state index in [4.69, 9.17) is 11.5 Å². The van der Waals surface area contributed by atoms with Gasteiger partial charge in [-0.1, -0.05) is 20.3 Å². The molecule has 0 aromatic heterocycles. The predicted octanol–water partition coefficient (Wildman–Crippen LogP) is -3.85. The normalized spacial score (nSPS) is 19.9. The summed E-state index contributed by atoms with van der Waals surface area (Å²) >= 11 is 0. The predicted molar refractivity (Wildman–Crippen MR) is 185 cm³/mol. The summed E-state index contributed by atoms with van der Waals surface area (Å²) in [5, 5.41) is 32.7. The number of likely N-dealkylation sites (tertiary alicyclic amines) is 2. The fraction of sp³-hybridized carbons (Fsp3) is 0.750. The Labute approximate surface area is 298 Å². The number of nitrogens with zero attached hydrogens (tertiary/aromatic N) is 3. The number of aliphatic hydroxyl groups is 2. The molecule has 2 rings (SSSR count). The lowest BCUT2D eigenvalue weighted by atomic mass is 9.98. The fourth-order valence-electron chi connectivity index (χ4n) is 6.16. The maximum absolute atomic E-state index is 13.8. The van der Waals surface area contributed by atoms with Crippen LogP contribution in [0.1, 0.15) is 72.6 Å². The molecule has 7 atom stereocenters. The summed E-state index contributed by atoms with van der Waals surface area (Å²) in [4.78, 5) is 98.0. The smallest absolute Gasteiger partial charge is 0.248 e. The molecule has 11 N–H and O–H groups in total. The van der Waals surface area contributed by atoms with Crippen LogP contribution in [0.2, 0.25) is 0 Å². The van der Waals surface area contributed by atoms with Gasteiger partial charge in [-0.25, -0.2) is 0 Å². The molecule has 7 amide bonds. The van der Waals surface area contributed by atoms with Crippen LogP contribution in [0.3, 0.4) is 0 Å². The first-order valence-corrected chi connectivity index (χ1v) is 17.5. The highest BCUT2D eigenvalue weighted by Crippen LogP contribution is 2.22. The summed E-state index contributed by atoms with van der Waals surface area (Å²) in [7, 11) is 0. The monoisotopic (exact) mass is 724 g/mol. The Hall–Kier alpha value is -4.52. The first-order chi connectivity index (χ1) is 24.2. The first kappa shape index (κ1) is 42.6. The minimum absolute atomic E-state index is 0.116. The Bertz CT molecular complexity index is 1280. The van der Waals surface area contributed by atoms with Gasteiger partial charge in [-0.05, 0) is 51.4 Å². The van der Waals surface area contributed by atoms with Crippen molar-refractivity contribution >= 4 is 47.3 Å². The minimum atomic E-state index is -1.53. The molecule has 51 heavy (non-hydrogen) atoms. The van der Waals surface area contributed by atoms with Crippen LogP contribution >= 0.6 is 0 Å². The summed E-state index contributed by atoms with van der Waals surface area (Å²) in [6, 6.07) is -6.82. The molecule has 0 bridgehead atoms. The van der Waals surface area contributed by atoms with Crippen LogP contribution < -0.4 is 38.1 Å². The van der Waals surface area contributed by atoms with E-state index < -0.39 is 84.9 Å². The van der Waals surface area contributed by atoms with Crippen LogP contribution in [0, 0.1) is 5.92 Å². The van der Waals surface area contributed by atoms with Gasteiger partial charge in [0.2, 0.25) is 41.4 Å². The zero-order chi connectivity index (χ0) is 38.2. The fourth-order valence-corrected chi connectivity index (χ4v) is 6.16. The number of nitrogens with one attached hydrogen (secondary N) is 5. The summed E-state index contributed by atoms with van der Waals surface area (Å²) in [5.41, 5.74) is 10.8. The molecular formula is C32H56N10O9. The number of nitrogens with two attached hydrogens (primary N) is 2. The molecule has 0 unspecified atom stereocenters. The molecule has 0 aromatic rings. The molecule has 0 saturated carbocycles. The van der Waals surface area contributed by atoms with Crippen molar-refractivity contribution in [1.29, 1.82) is 0 Å². The number of guanidine groups is 1. The van der Waals surface area contributed by atoms with E-state index in [0.717, 1.165) is 0 Å². The van der Waals surface area contributed by atoms with E-state index in [1.165, 1.54) is 16.7 Å². The van der Waals surface area contributed by atoms with E-state index in [2.05, 4.69) is 31.6 Å². The SMILES string of the molecule is CCNC(=O)[C@@H]1CCCN1C(=O)[C@H](CCCN=C(N)N)NC(=O)[C@@H]1CCCN1C(=O)[C@H](CO)NC(=O)[C@H](CO)NC(=O)[C@H](NC(C)=O)[C@H](C)CC. The van der Waals surface area contributed by atoms with Crippen molar-refractivity contribution < 1.29 is 43.8 Å². The minimum Gasteiger partial charge on any atom is -0.394 e. The van der Waals surface area contributed by atoms with Gasteiger partial charge in [-0.3, -0.25) is 38.6 Å². The van der Waals surface area contributed by atoms with E-state index in [9.17, 15) is 43.8 Å². The number of aliphatic imine (C=N–C) groups is 1. The highest BCUT2D eigenvalue weighted by atomic mass is 16.3. The third-order valence-corrected chi connectivity index (χ3v) is 9.05. The lowest BCUT2D eigenvalue weighted by Crippen LogP contribution is -2.61. The van der Waals surface area contributed by atoms with Gasteiger partial charge in [-0.15, -0.1) is 0 Å². The molecule has 19 nitrogen and oxygen atoms in total. The van der Waals surface area contributed by atoms with Gasteiger partial charge >= 0.3 is 0 Å². The number of amides is 7. The highest BCUT2D eigenvalue weighted by Gasteiger charge is 2.42. The van der Waals surface area contributed by atoms with Crippen LogP contribution in [0.15, 0.2) is 4.99 Å². The van der Waals surface area contributed by atoms with Crippen LogP contribution in [-0.2, 0) is 33.6 Å². The van der Waals surface area contributed by atoms with Crippen LogP contribution in [-0.4, -0.2) is 143 Å². The van der Waals surface area contributed by atoms with E-state index in [-0.39, 0.29) is 43.7 Å². The Morgan fingerprint density at radius 3 is 1.84 bits per heavy atom. The average Bonchev–Trinajstić information content (AvgIpc) is 3.79. The Morgan fingerprint density at radius 2 is 1.33 bits per heavy atom. The topological polar surface area (TPSA) is 291 Å². The van der Waals surface area contributed by atoms with Gasteiger partial charge in [0.05, 0.1) is 13.2 Å². The number of aliphatic hydroxyl groups excluding tert-OH is 2. The third-order valence-electron chi connectivity index (χ3n) is 9.05.